The zero-order chi connectivity index (χ0) is 21.6. The summed E-state index contributed by atoms with van der Waals surface area (Å²) in [7, 11) is 0. The van der Waals surface area contributed by atoms with Crippen LogP contribution in [-0.2, 0) is 4.79 Å². The number of anilines is 1. The molecule has 1 aliphatic heterocycles. The molecule has 1 unspecified atom stereocenters. The maximum atomic E-state index is 12.8. The van der Waals surface area contributed by atoms with E-state index in [4.69, 9.17) is 16.3 Å². The molecule has 2 amide bonds. The Morgan fingerprint density at radius 1 is 0.903 bits per heavy atom. The van der Waals surface area contributed by atoms with E-state index in [9.17, 15) is 9.59 Å². The number of amides is 2. The van der Waals surface area contributed by atoms with Crippen molar-refractivity contribution >= 4 is 29.1 Å². The van der Waals surface area contributed by atoms with E-state index in [0.29, 0.717) is 35.1 Å². The molecule has 3 aromatic carbocycles. The van der Waals surface area contributed by atoms with E-state index in [1.807, 2.05) is 54.6 Å². The zero-order valence-electron chi connectivity index (χ0n) is 17.0. The smallest absolute Gasteiger partial charge is 0.253 e. The molecule has 0 aliphatic carbocycles. The quantitative estimate of drug-likeness (QED) is 0.566. The van der Waals surface area contributed by atoms with Crippen LogP contribution in [-0.4, -0.2) is 29.8 Å². The van der Waals surface area contributed by atoms with E-state index in [0.717, 1.165) is 18.6 Å². The van der Waals surface area contributed by atoms with Crippen molar-refractivity contribution in [3.05, 3.63) is 89.4 Å². The van der Waals surface area contributed by atoms with Crippen molar-refractivity contribution in [2.45, 2.75) is 12.8 Å². The number of hydrogen-bond acceptors (Lipinski definition) is 3. The maximum Gasteiger partial charge on any atom is 0.253 e. The molecule has 1 N–H and O–H groups in total. The van der Waals surface area contributed by atoms with Gasteiger partial charge in [0, 0.05) is 29.4 Å². The number of halogens is 1. The van der Waals surface area contributed by atoms with Gasteiger partial charge in [0.05, 0.1) is 5.92 Å². The number of nitrogens with one attached hydrogen (secondary N) is 1. The van der Waals surface area contributed by atoms with Gasteiger partial charge in [-0.2, -0.15) is 0 Å². The molecule has 1 saturated heterocycles. The van der Waals surface area contributed by atoms with Crippen LogP contribution in [0.5, 0.6) is 11.5 Å². The first-order valence-electron chi connectivity index (χ1n) is 10.3. The number of piperidine rings is 1. The highest BCUT2D eigenvalue weighted by molar-refractivity contribution is 6.30. The zero-order valence-corrected chi connectivity index (χ0v) is 17.7. The Morgan fingerprint density at radius 2 is 1.58 bits per heavy atom. The van der Waals surface area contributed by atoms with Gasteiger partial charge in [-0.15, -0.1) is 0 Å². The summed E-state index contributed by atoms with van der Waals surface area (Å²) in [6, 6.07) is 23.6. The second kappa shape index (κ2) is 9.67. The third-order valence-corrected chi connectivity index (χ3v) is 5.52. The highest BCUT2D eigenvalue weighted by Gasteiger charge is 2.29. The van der Waals surface area contributed by atoms with E-state index in [2.05, 4.69) is 5.32 Å². The van der Waals surface area contributed by atoms with Crippen LogP contribution in [0, 0.1) is 5.92 Å². The highest BCUT2D eigenvalue weighted by atomic mass is 35.5. The van der Waals surface area contributed by atoms with Gasteiger partial charge in [0.25, 0.3) is 5.91 Å². The Labute approximate surface area is 186 Å². The fourth-order valence-corrected chi connectivity index (χ4v) is 3.75. The van der Waals surface area contributed by atoms with E-state index in [-0.39, 0.29) is 17.7 Å². The fourth-order valence-electron chi connectivity index (χ4n) is 3.63. The van der Waals surface area contributed by atoms with Crippen molar-refractivity contribution in [2.24, 2.45) is 5.92 Å². The number of carbonyl (C=O) groups excluding carboxylic acids is 2. The van der Waals surface area contributed by atoms with Gasteiger partial charge >= 0.3 is 0 Å². The predicted octanol–water partition coefficient (Wildman–Crippen LogP) is 5.62. The van der Waals surface area contributed by atoms with E-state index < -0.39 is 0 Å². The van der Waals surface area contributed by atoms with Gasteiger partial charge in [-0.05, 0) is 73.5 Å². The van der Waals surface area contributed by atoms with Crippen molar-refractivity contribution in [2.75, 3.05) is 18.4 Å². The van der Waals surface area contributed by atoms with Crippen LogP contribution in [0.2, 0.25) is 5.02 Å². The van der Waals surface area contributed by atoms with Crippen molar-refractivity contribution in [3.63, 3.8) is 0 Å². The molecule has 1 fully saturated rings. The summed E-state index contributed by atoms with van der Waals surface area (Å²) in [6.45, 7) is 1.05. The first-order valence-corrected chi connectivity index (χ1v) is 10.6. The summed E-state index contributed by atoms with van der Waals surface area (Å²) < 4.78 is 5.78. The lowest BCUT2D eigenvalue weighted by molar-refractivity contribution is -0.121. The first-order chi connectivity index (χ1) is 15.1. The number of benzene rings is 3. The second-order valence-corrected chi connectivity index (χ2v) is 7.96. The van der Waals surface area contributed by atoms with Crippen molar-refractivity contribution in [1.29, 1.82) is 0 Å². The van der Waals surface area contributed by atoms with E-state index in [1.54, 1.807) is 29.2 Å². The van der Waals surface area contributed by atoms with E-state index >= 15 is 0 Å². The third kappa shape index (κ3) is 5.44. The monoisotopic (exact) mass is 434 g/mol. The average molecular weight is 435 g/mol. The average Bonchev–Trinajstić information content (AvgIpc) is 2.81. The maximum absolute atomic E-state index is 12.8. The SMILES string of the molecule is O=C(Nc1ccc(Oc2ccccc2)cc1)C1CCCN(C(=O)c2ccc(Cl)cc2)C1. The minimum absolute atomic E-state index is 0.0726. The van der Waals surface area contributed by atoms with Gasteiger partial charge in [0.2, 0.25) is 5.91 Å². The lowest BCUT2D eigenvalue weighted by Gasteiger charge is -2.32. The van der Waals surface area contributed by atoms with Gasteiger partial charge in [0.1, 0.15) is 11.5 Å². The molecule has 0 saturated carbocycles. The van der Waals surface area contributed by atoms with Crippen LogP contribution >= 0.6 is 11.6 Å². The molecule has 3 aromatic rings. The molecule has 4 rings (SSSR count). The Balaban J connectivity index is 1.34. The fraction of sp³-hybridized carbons (Fsp3) is 0.200. The van der Waals surface area contributed by atoms with Gasteiger partial charge in [-0.1, -0.05) is 29.8 Å². The Hall–Kier alpha value is -3.31. The number of rotatable bonds is 5. The van der Waals surface area contributed by atoms with Crippen molar-refractivity contribution in [1.82, 2.24) is 4.90 Å². The Bertz CT molecular complexity index is 1040. The van der Waals surface area contributed by atoms with Crippen LogP contribution in [0.4, 0.5) is 5.69 Å². The summed E-state index contributed by atoms with van der Waals surface area (Å²) in [5, 5.41) is 3.55. The number of para-hydroxylation sites is 1. The van der Waals surface area contributed by atoms with Crippen molar-refractivity contribution in [3.8, 4) is 11.5 Å². The molecule has 158 valence electrons. The minimum atomic E-state index is -0.245. The van der Waals surface area contributed by atoms with Gasteiger partial charge in [0.15, 0.2) is 0 Å². The Morgan fingerprint density at radius 3 is 2.29 bits per heavy atom. The molecular weight excluding hydrogens is 412 g/mol. The van der Waals surface area contributed by atoms with Crippen LogP contribution in [0.3, 0.4) is 0 Å². The molecule has 1 heterocycles. The minimum Gasteiger partial charge on any atom is -0.457 e. The number of carbonyl (C=O) groups is 2. The standard InChI is InChI=1S/C25H23ClN2O3/c26-20-10-8-18(9-11-20)25(30)28-16-4-5-19(17-28)24(29)27-21-12-14-23(15-13-21)31-22-6-2-1-3-7-22/h1-3,6-15,19H,4-5,16-17H2,(H,27,29). The molecule has 6 heteroatoms. The Kier molecular flexibility index (Phi) is 6.53. The molecule has 31 heavy (non-hydrogen) atoms. The predicted molar refractivity (Wildman–Crippen MR) is 122 cm³/mol. The molecule has 0 radical (unpaired) electrons. The van der Waals surface area contributed by atoms with Gasteiger partial charge in [-0.3, -0.25) is 9.59 Å². The van der Waals surface area contributed by atoms with Crippen LogP contribution < -0.4 is 10.1 Å². The molecule has 1 atom stereocenters. The number of ether oxygens (including phenoxy) is 1. The number of likely N-dealkylation sites (tertiary alicyclic amines) is 1. The van der Waals surface area contributed by atoms with Crippen LogP contribution in [0.15, 0.2) is 78.9 Å². The largest absolute Gasteiger partial charge is 0.457 e. The summed E-state index contributed by atoms with van der Waals surface area (Å²) in [4.78, 5) is 27.3. The molecular formula is C25H23ClN2O3. The first kappa shape index (κ1) is 20.9. The highest BCUT2D eigenvalue weighted by Crippen LogP contribution is 2.24. The topological polar surface area (TPSA) is 58.6 Å². The third-order valence-electron chi connectivity index (χ3n) is 5.27. The molecule has 0 bridgehead atoms. The van der Waals surface area contributed by atoms with Crippen molar-refractivity contribution < 1.29 is 14.3 Å². The summed E-state index contributed by atoms with van der Waals surface area (Å²) >= 11 is 5.91. The molecule has 5 nitrogen and oxygen atoms in total. The summed E-state index contributed by atoms with van der Waals surface area (Å²) in [5.41, 5.74) is 1.28. The normalized spacial score (nSPS) is 15.9. The molecule has 0 spiro atoms. The van der Waals surface area contributed by atoms with E-state index in [1.165, 1.54) is 0 Å². The molecule has 1 aliphatic rings. The van der Waals surface area contributed by atoms with Gasteiger partial charge in [-0.25, -0.2) is 0 Å². The lowest BCUT2D eigenvalue weighted by Crippen LogP contribution is -2.43. The van der Waals surface area contributed by atoms with Gasteiger partial charge < -0.3 is 15.0 Å². The second-order valence-electron chi connectivity index (χ2n) is 7.53. The summed E-state index contributed by atoms with van der Waals surface area (Å²) in [6.07, 6.45) is 1.55. The summed E-state index contributed by atoms with van der Waals surface area (Å²) in [5.74, 6) is 1.06. The number of nitrogens with zero attached hydrogens (tertiary/aromatic N) is 1. The number of hydrogen-bond donors (Lipinski definition) is 1. The molecule has 0 aromatic heterocycles. The lowest BCUT2D eigenvalue weighted by atomic mass is 9.96. The van der Waals surface area contributed by atoms with Crippen LogP contribution in [0.25, 0.3) is 0 Å². The van der Waals surface area contributed by atoms with Crippen LogP contribution in [0.1, 0.15) is 23.2 Å².